The molecule has 1 aromatic rings. The predicted octanol–water partition coefficient (Wildman–Crippen LogP) is 2.05. The Morgan fingerprint density at radius 1 is 1.38 bits per heavy atom. The highest BCUT2D eigenvalue weighted by Crippen LogP contribution is 2.14. The normalized spacial score (nSPS) is 12.2. The Bertz CT molecular complexity index is 486. The third-order valence-corrected chi connectivity index (χ3v) is 3.59. The number of amides is 1. The smallest absolute Gasteiger partial charge is 0.269 e. The molecule has 1 rings (SSSR count). The monoisotopic (exact) mass is 294 g/mol. The van der Waals surface area contributed by atoms with E-state index in [1.807, 2.05) is 13.8 Å². The number of nitro benzene ring substituents is 1. The van der Waals surface area contributed by atoms with E-state index in [1.54, 1.807) is 12.1 Å². The molecule has 1 unspecified atom stereocenters. The van der Waals surface area contributed by atoms with E-state index in [-0.39, 0.29) is 30.5 Å². The van der Waals surface area contributed by atoms with E-state index in [0.29, 0.717) is 5.56 Å². The number of benzene rings is 1. The van der Waals surface area contributed by atoms with Gasteiger partial charge in [0.15, 0.2) is 0 Å². The Balaban J connectivity index is 2.50. The summed E-state index contributed by atoms with van der Waals surface area (Å²) in [7, 11) is 0. The SMILES string of the molecule is CCC(CC)C(O)CNC(=O)Cc1cccc([N+](=O)[O-])c1. The fourth-order valence-electron chi connectivity index (χ4n) is 2.25. The standard InChI is InChI=1S/C15H22N2O4/c1-3-12(4-2)14(18)10-16-15(19)9-11-6-5-7-13(8-11)17(20)21/h5-8,12,14,18H,3-4,9-10H2,1-2H3,(H,16,19). The first-order valence-electron chi connectivity index (χ1n) is 7.16. The molecule has 0 fully saturated rings. The van der Waals surface area contributed by atoms with Crippen molar-refractivity contribution in [3.63, 3.8) is 0 Å². The number of aliphatic hydroxyl groups excluding tert-OH is 1. The highest BCUT2D eigenvalue weighted by molar-refractivity contribution is 5.78. The van der Waals surface area contributed by atoms with Crippen molar-refractivity contribution in [3.05, 3.63) is 39.9 Å². The van der Waals surface area contributed by atoms with Gasteiger partial charge in [-0.25, -0.2) is 0 Å². The van der Waals surface area contributed by atoms with Crippen LogP contribution in [0, 0.1) is 16.0 Å². The van der Waals surface area contributed by atoms with Gasteiger partial charge in [0.25, 0.3) is 5.69 Å². The molecule has 0 spiro atoms. The van der Waals surface area contributed by atoms with Crippen LogP contribution in [-0.2, 0) is 11.2 Å². The predicted molar refractivity (Wildman–Crippen MR) is 79.9 cm³/mol. The molecule has 1 atom stereocenters. The van der Waals surface area contributed by atoms with E-state index in [1.165, 1.54) is 12.1 Å². The lowest BCUT2D eigenvalue weighted by Gasteiger charge is -2.20. The Hall–Kier alpha value is -1.95. The van der Waals surface area contributed by atoms with Crippen LogP contribution in [0.2, 0.25) is 0 Å². The number of hydrogen-bond donors (Lipinski definition) is 2. The van der Waals surface area contributed by atoms with Crippen molar-refractivity contribution in [2.45, 2.75) is 39.2 Å². The van der Waals surface area contributed by atoms with Gasteiger partial charge < -0.3 is 10.4 Å². The van der Waals surface area contributed by atoms with Crippen LogP contribution in [-0.4, -0.2) is 28.6 Å². The van der Waals surface area contributed by atoms with Gasteiger partial charge in [-0.15, -0.1) is 0 Å². The van der Waals surface area contributed by atoms with Crippen LogP contribution >= 0.6 is 0 Å². The molecule has 0 radical (unpaired) electrons. The summed E-state index contributed by atoms with van der Waals surface area (Å²) >= 11 is 0. The van der Waals surface area contributed by atoms with Crippen molar-refractivity contribution in [2.75, 3.05) is 6.54 Å². The van der Waals surface area contributed by atoms with E-state index < -0.39 is 11.0 Å². The minimum absolute atomic E-state index is 0.0302. The quantitative estimate of drug-likeness (QED) is 0.567. The molecule has 0 bridgehead atoms. The molecule has 21 heavy (non-hydrogen) atoms. The number of aliphatic hydroxyl groups is 1. The molecule has 0 saturated carbocycles. The van der Waals surface area contributed by atoms with E-state index in [0.717, 1.165) is 12.8 Å². The maximum Gasteiger partial charge on any atom is 0.269 e. The minimum Gasteiger partial charge on any atom is -0.391 e. The van der Waals surface area contributed by atoms with Gasteiger partial charge in [-0.1, -0.05) is 38.8 Å². The Morgan fingerprint density at radius 2 is 2.05 bits per heavy atom. The Morgan fingerprint density at radius 3 is 2.62 bits per heavy atom. The fraction of sp³-hybridized carbons (Fsp3) is 0.533. The zero-order valence-electron chi connectivity index (χ0n) is 12.4. The van der Waals surface area contributed by atoms with Gasteiger partial charge in [0.1, 0.15) is 0 Å². The van der Waals surface area contributed by atoms with Gasteiger partial charge in [-0.2, -0.15) is 0 Å². The number of carbonyl (C=O) groups is 1. The van der Waals surface area contributed by atoms with Crippen LogP contribution < -0.4 is 5.32 Å². The summed E-state index contributed by atoms with van der Waals surface area (Å²) in [6, 6.07) is 6.00. The second-order valence-electron chi connectivity index (χ2n) is 5.05. The lowest BCUT2D eigenvalue weighted by molar-refractivity contribution is -0.384. The third-order valence-electron chi connectivity index (χ3n) is 3.59. The highest BCUT2D eigenvalue weighted by atomic mass is 16.6. The number of nitrogens with zero attached hydrogens (tertiary/aromatic N) is 1. The summed E-state index contributed by atoms with van der Waals surface area (Å²) in [6.07, 6.45) is 1.22. The molecular formula is C15H22N2O4. The van der Waals surface area contributed by atoms with Gasteiger partial charge in [-0.05, 0) is 11.5 Å². The molecule has 1 aromatic carbocycles. The molecule has 0 saturated heterocycles. The zero-order valence-corrected chi connectivity index (χ0v) is 12.4. The van der Waals surface area contributed by atoms with Gasteiger partial charge in [-0.3, -0.25) is 14.9 Å². The molecule has 0 heterocycles. The summed E-state index contributed by atoms with van der Waals surface area (Å²) in [5, 5.41) is 23.3. The summed E-state index contributed by atoms with van der Waals surface area (Å²) in [4.78, 5) is 22.0. The zero-order chi connectivity index (χ0) is 15.8. The third kappa shape index (κ3) is 5.51. The Labute approximate surface area is 124 Å². The maximum atomic E-state index is 11.8. The summed E-state index contributed by atoms with van der Waals surface area (Å²) in [6.45, 7) is 4.21. The van der Waals surface area contributed by atoms with Gasteiger partial charge >= 0.3 is 0 Å². The highest BCUT2D eigenvalue weighted by Gasteiger charge is 2.16. The Kier molecular flexibility index (Phi) is 6.81. The van der Waals surface area contributed by atoms with E-state index in [2.05, 4.69) is 5.32 Å². The van der Waals surface area contributed by atoms with Crippen molar-refractivity contribution in [3.8, 4) is 0 Å². The van der Waals surface area contributed by atoms with Crippen LogP contribution in [0.5, 0.6) is 0 Å². The van der Waals surface area contributed by atoms with Crippen LogP contribution in [0.25, 0.3) is 0 Å². The maximum absolute atomic E-state index is 11.8. The molecular weight excluding hydrogens is 272 g/mol. The second kappa shape index (κ2) is 8.36. The molecule has 0 aliphatic heterocycles. The topological polar surface area (TPSA) is 92.5 Å². The summed E-state index contributed by atoms with van der Waals surface area (Å²) in [5.74, 6) is -0.0800. The number of hydrogen-bond acceptors (Lipinski definition) is 4. The van der Waals surface area contributed by atoms with E-state index in [4.69, 9.17) is 0 Å². The number of nitro groups is 1. The summed E-state index contributed by atoms with van der Waals surface area (Å²) in [5.41, 5.74) is 0.552. The molecule has 0 aliphatic carbocycles. The second-order valence-corrected chi connectivity index (χ2v) is 5.05. The minimum atomic E-state index is -0.561. The number of non-ortho nitro benzene ring substituents is 1. The number of nitrogens with one attached hydrogen (secondary N) is 1. The average Bonchev–Trinajstić information content (AvgIpc) is 2.46. The fourth-order valence-corrected chi connectivity index (χ4v) is 2.25. The molecule has 0 aliphatic rings. The largest absolute Gasteiger partial charge is 0.391 e. The summed E-state index contributed by atoms with van der Waals surface area (Å²) < 4.78 is 0. The number of rotatable bonds is 8. The molecule has 0 aromatic heterocycles. The molecule has 2 N–H and O–H groups in total. The van der Waals surface area contributed by atoms with Crippen LogP contribution in [0.4, 0.5) is 5.69 Å². The van der Waals surface area contributed by atoms with Gasteiger partial charge in [0.2, 0.25) is 5.91 Å². The average molecular weight is 294 g/mol. The van der Waals surface area contributed by atoms with Gasteiger partial charge in [0.05, 0.1) is 17.4 Å². The van der Waals surface area contributed by atoms with E-state index in [9.17, 15) is 20.0 Å². The first-order valence-corrected chi connectivity index (χ1v) is 7.16. The van der Waals surface area contributed by atoms with Crippen LogP contribution in [0.3, 0.4) is 0 Å². The van der Waals surface area contributed by atoms with Crippen molar-refractivity contribution in [1.82, 2.24) is 5.32 Å². The lowest BCUT2D eigenvalue weighted by atomic mass is 9.96. The number of carbonyl (C=O) groups excluding carboxylic acids is 1. The van der Waals surface area contributed by atoms with Crippen molar-refractivity contribution in [1.29, 1.82) is 0 Å². The van der Waals surface area contributed by atoms with Crippen LogP contribution in [0.1, 0.15) is 32.3 Å². The molecule has 6 heteroatoms. The van der Waals surface area contributed by atoms with Crippen molar-refractivity contribution >= 4 is 11.6 Å². The van der Waals surface area contributed by atoms with Gasteiger partial charge in [0, 0.05) is 18.7 Å². The van der Waals surface area contributed by atoms with Crippen LogP contribution in [0.15, 0.2) is 24.3 Å². The van der Waals surface area contributed by atoms with Crippen molar-refractivity contribution < 1.29 is 14.8 Å². The lowest BCUT2D eigenvalue weighted by Crippen LogP contribution is -2.36. The van der Waals surface area contributed by atoms with E-state index >= 15 is 0 Å². The molecule has 6 nitrogen and oxygen atoms in total. The first-order chi connectivity index (χ1) is 9.97. The first kappa shape index (κ1) is 17.1. The molecule has 1 amide bonds. The van der Waals surface area contributed by atoms with Crippen molar-refractivity contribution in [2.24, 2.45) is 5.92 Å². The molecule has 116 valence electrons.